The molecule has 3 atom stereocenters. The van der Waals surface area contributed by atoms with Gasteiger partial charge in [-0.2, -0.15) is 13.2 Å². The molecule has 1 N–H and O–H groups in total. The third kappa shape index (κ3) is 2.72. The Morgan fingerprint density at radius 2 is 1.73 bits per heavy atom. The standard InChI is InChI=1S/C22H22F3N/c1-13(2)14-8-5-10-16-15-9-6-11-17(15)21(26-20(14)16)18-7-3-4-12-19(18)22(23,24)25/h3-10,12-13,15,17,21,26H,11H2,1-2H3/t15-,17-,21-/m0/s1. The van der Waals surface area contributed by atoms with Gasteiger partial charge in [0.1, 0.15) is 0 Å². The van der Waals surface area contributed by atoms with E-state index in [1.807, 2.05) is 0 Å². The van der Waals surface area contributed by atoms with Crippen LogP contribution in [0.2, 0.25) is 0 Å². The highest BCUT2D eigenvalue weighted by molar-refractivity contribution is 5.65. The van der Waals surface area contributed by atoms with E-state index in [1.54, 1.807) is 12.1 Å². The van der Waals surface area contributed by atoms with E-state index >= 15 is 0 Å². The Morgan fingerprint density at radius 1 is 1.00 bits per heavy atom. The molecule has 0 unspecified atom stereocenters. The summed E-state index contributed by atoms with van der Waals surface area (Å²) in [4.78, 5) is 0. The summed E-state index contributed by atoms with van der Waals surface area (Å²) in [6.45, 7) is 4.24. The van der Waals surface area contributed by atoms with E-state index in [0.29, 0.717) is 11.5 Å². The van der Waals surface area contributed by atoms with Gasteiger partial charge >= 0.3 is 6.18 Å². The number of anilines is 1. The van der Waals surface area contributed by atoms with Crippen LogP contribution in [0, 0.1) is 5.92 Å². The molecule has 2 aromatic rings. The number of halogens is 3. The SMILES string of the molecule is CC(C)c1cccc2c1N[C@H](c1ccccc1C(F)(F)F)[C@H]1CC=C[C@@H]21. The predicted octanol–water partition coefficient (Wildman–Crippen LogP) is 6.66. The largest absolute Gasteiger partial charge is 0.416 e. The molecule has 4 rings (SSSR count). The molecule has 0 bridgehead atoms. The molecule has 0 fully saturated rings. The van der Waals surface area contributed by atoms with Gasteiger partial charge < -0.3 is 5.32 Å². The third-order valence-electron chi connectivity index (χ3n) is 5.65. The summed E-state index contributed by atoms with van der Waals surface area (Å²) in [6.07, 6.45) is 0.715. The zero-order valence-electron chi connectivity index (χ0n) is 14.8. The minimum Gasteiger partial charge on any atom is -0.377 e. The number of para-hydroxylation sites is 1. The lowest BCUT2D eigenvalue weighted by atomic mass is 9.75. The van der Waals surface area contributed by atoms with Crippen LogP contribution >= 0.6 is 0 Å². The Kier molecular flexibility index (Phi) is 4.09. The van der Waals surface area contributed by atoms with E-state index in [1.165, 1.54) is 17.7 Å². The number of benzene rings is 2. The van der Waals surface area contributed by atoms with Gasteiger partial charge in [-0.15, -0.1) is 0 Å². The number of rotatable bonds is 2. The fraction of sp³-hybridized carbons (Fsp3) is 0.364. The van der Waals surface area contributed by atoms with Crippen molar-refractivity contribution in [3.8, 4) is 0 Å². The predicted molar refractivity (Wildman–Crippen MR) is 98.3 cm³/mol. The molecule has 0 amide bonds. The average Bonchev–Trinajstić information content (AvgIpc) is 3.09. The second-order valence-corrected chi connectivity index (χ2v) is 7.53. The zero-order chi connectivity index (χ0) is 18.5. The maximum Gasteiger partial charge on any atom is 0.416 e. The summed E-state index contributed by atoms with van der Waals surface area (Å²) in [6, 6.07) is 11.9. The van der Waals surface area contributed by atoms with Crippen LogP contribution < -0.4 is 5.32 Å². The Morgan fingerprint density at radius 3 is 2.46 bits per heavy atom. The zero-order valence-corrected chi connectivity index (χ0v) is 14.8. The third-order valence-corrected chi connectivity index (χ3v) is 5.65. The maximum atomic E-state index is 13.6. The van der Waals surface area contributed by atoms with E-state index in [0.717, 1.165) is 17.7 Å². The van der Waals surface area contributed by atoms with Gasteiger partial charge in [0.25, 0.3) is 0 Å². The first-order valence-electron chi connectivity index (χ1n) is 9.10. The van der Waals surface area contributed by atoms with Crippen molar-refractivity contribution in [2.45, 2.75) is 44.3 Å². The summed E-state index contributed by atoms with van der Waals surface area (Å²) >= 11 is 0. The number of nitrogens with one attached hydrogen (secondary N) is 1. The van der Waals surface area contributed by atoms with Gasteiger partial charge in [-0.25, -0.2) is 0 Å². The van der Waals surface area contributed by atoms with Crippen molar-refractivity contribution in [3.63, 3.8) is 0 Å². The van der Waals surface area contributed by atoms with E-state index in [-0.39, 0.29) is 17.9 Å². The number of allylic oxidation sites excluding steroid dienone is 2. The summed E-state index contributed by atoms with van der Waals surface area (Å²) in [5, 5.41) is 3.51. The van der Waals surface area contributed by atoms with Gasteiger partial charge in [0.2, 0.25) is 0 Å². The van der Waals surface area contributed by atoms with E-state index < -0.39 is 11.7 Å². The monoisotopic (exact) mass is 357 g/mol. The van der Waals surface area contributed by atoms with E-state index in [9.17, 15) is 13.2 Å². The van der Waals surface area contributed by atoms with Crippen LogP contribution in [-0.2, 0) is 6.18 Å². The van der Waals surface area contributed by atoms with Gasteiger partial charge in [-0.3, -0.25) is 0 Å². The number of hydrogen-bond acceptors (Lipinski definition) is 1. The minimum atomic E-state index is -4.35. The first-order chi connectivity index (χ1) is 12.4. The van der Waals surface area contributed by atoms with Crippen LogP contribution in [0.5, 0.6) is 0 Å². The molecule has 1 aliphatic carbocycles. The van der Waals surface area contributed by atoms with Crippen LogP contribution in [0.1, 0.15) is 60.4 Å². The van der Waals surface area contributed by atoms with Gasteiger partial charge in [-0.1, -0.05) is 62.4 Å². The van der Waals surface area contributed by atoms with Crippen LogP contribution in [0.3, 0.4) is 0 Å². The summed E-state index contributed by atoms with van der Waals surface area (Å²) < 4.78 is 40.8. The Bertz CT molecular complexity index is 851. The first-order valence-corrected chi connectivity index (χ1v) is 9.10. The van der Waals surface area contributed by atoms with Gasteiger partial charge in [0.05, 0.1) is 11.6 Å². The van der Waals surface area contributed by atoms with Gasteiger partial charge in [0.15, 0.2) is 0 Å². The lowest BCUT2D eigenvalue weighted by Crippen LogP contribution is -2.31. The van der Waals surface area contributed by atoms with Crippen molar-refractivity contribution < 1.29 is 13.2 Å². The van der Waals surface area contributed by atoms with Crippen molar-refractivity contribution in [3.05, 3.63) is 76.9 Å². The molecule has 0 spiro atoms. The molecule has 2 aliphatic rings. The number of alkyl halides is 3. The Labute approximate surface area is 151 Å². The molecule has 1 nitrogen and oxygen atoms in total. The number of fused-ring (bicyclic) bond motifs is 3. The molecule has 4 heteroatoms. The minimum absolute atomic E-state index is 0.105. The lowest BCUT2D eigenvalue weighted by Gasteiger charge is -2.39. The Balaban J connectivity index is 1.86. The highest BCUT2D eigenvalue weighted by atomic mass is 19.4. The lowest BCUT2D eigenvalue weighted by molar-refractivity contribution is -0.138. The van der Waals surface area contributed by atoms with Crippen molar-refractivity contribution in [2.24, 2.45) is 5.92 Å². The average molecular weight is 357 g/mol. The van der Waals surface area contributed by atoms with Gasteiger partial charge in [-0.05, 0) is 41.0 Å². The molecule has 26 heavy (non-hydrogen) atoms. The molecule has 1 aliphatic heterocycles. The van der Waals surface area contributed by atoms with Crippen molar-refractivity contribution in [1.29, 1.82) is 0 Å². The van der Waals surface area contributed by atoms with Crippen molar-refractivity contribution >= 4 is 5.69 Å². The molecule has 136 valence electrons. The van der Waals surface area contributed by atoms with Crippen LogP contribution in [-0.4, -0.2) is 0 Å². The second-order valence-electron chi connectivity index (χ2n) is 7.53. The molecule has 1 heterocycles. The van der Waals surface area contributed by atoms with Crippen molar-refractivity contribution in [1.82, 2.24) is 0 Å². The molecular weight excluding hydrogens is 335 g/mol. The van der Waals surface area contributed by atoms with Crippen LogP contribution in [0.25, 0.3) is 0 Å². The van der Waals surface area contributed by atoms with Gasteiger partial charge in [0, 0.05) is 11.6 Å². The van der Waals surface area contributed by atoms with Crippen LogP contribution in [0.4, 0.5) is 18.9 Å². The second kappa shape index (κ2) is 6.19. The highest BCUT2D eigenvalue weighted by Gasteiger charge is 2.42. The molecule has 0 saturated heterocycles. The molecular formula is C22H22F3N. The quantitative estimate of drug-likeness (QED) is 0.593. The smallest absolute Gasteiger partial charge is 0.377 e. The summed E-state index contributed by atoms with van der Waals surface area (Å²) in [5.74, 6) is 0.572. The highest BCUT2D eigenvalue weighted by Crippen LogP contribution is 2.52. The normalized spacial score (nSPS) is 24.3. The first kappa shape index (κ1) is 17.2. The van der Waals surface area contributed by atoms with Crippen molar-refractivity contribution in [2.75, 3.05) is 5.32 Å². The fourth-order valence-corrected chi connectivity index (χ4v) is 4.46. The van der Waals surface area contributed by atoms with E-state index in [2.05, 4.69) is 49.5 Å². The Hall–Kier alpha value is -2.23. The fourth-order valence-electron chi connectivity index (χ4n) is 4.46. The van der Waals surface area contributed by atoms with E-state index in [4.69, 9.17) is 0 Å². The van der Waals surface area contributed by atoms with Crippen LogP contribution in [0.15, 0.2) is 54.6 Å². The summed E-state index contributed by atoms with van der Waals surface area (Å²) in [7, 11) is 0. The molecule has 0 radical (unpaired) electrons. The molecule has 0 saturated carbocycles. The molecule has 2 aromatic carbocycles. The topological polar surface area (TPSA) is 12.0 Å². The number of hydrogen-bond donors (Lipinski definition) is 1. The molecule has 0 aromatic heterocycles. The maximum absolute atomic E-state index is 13.6. The summed E-state index contributed by atoms with van der Waals surface area (Å²) in [5.41, 5.74) is 3.19.